The summed E-state index contributed by atoms with van der Waals surface area (Å²) in [5.74, 6) is 2.83. The molecule has 0 aromatic carbocycles. The Hall–Kier alpha value is -0.560. The molecule has 1 aliphatic heterocycles. The fourth-order valence-electron chi connectivity index (χ4n) is 3.19. The average molecular weight is 252 g/mol. The van der Waals surface area contributed by atoms with E-state index in [4.69, 9.17) is 16.9 Å². The highest BCUT2D eigenvalue weighted by atomic mass is 16.5. The Bertz CT molecular complexity index is 330. The smallest absolute Gasteiger partial charge is 0.0828 e. The van der Waals surface area contributed by atoms with Crippen molar-refractivity contribution in [2.45, 2.75) is 76.7 Å². The van der Waals surface area contributed by atoms with Crippen LogP contribution >= 0.6 is 0 Å². The van der Waals surface area contributed by atoms with Crippen molar-refractivity contribution >= 4 is 0 Å². The quantitative estimate of drug-likeness (QED) is 0.736. The van der Waals surface area contributed by atoms with Gasteiger partial charge in [0.25, 0.3) is 0 Å². The van der Waals surface area contributed by atoms with E-state index in [0.29, 0.717) is 6.54 Å². The van der Waals surface area contributed by atoms with Crippen molar-refractivity contribution in [1.29, 1.82) is 0 Å². The average Bonchev–Trinajstić information content (AvgIpc) is 2.43. The summed E-state index contributed by atoms with van der Waals surface area (Å²) in [5.41, 5.74) is 5.33. The molecular formula is C15H28N2O. The van der Waals surface area contributed by atoms with Gasteiger partial charge in [0.2, 0.25) is 0 Å². The van der Waals surface area contributed by atoms with Gasteiger partial charge >= 0.3 is 0 Å². The van der Waals surface area contributed by atoms with Crippen LogP contribution in [-0.2, 0) is 4.74 Å². The Morgan fingerprint density at radius 1 is 1.39 bits per heavy atom. The maximum absolute atomic E-state index is 6.16. The molecule has 2 unspecified atom stereocenters. The van der Waals surface area contributed by atoms with Gasteiger partial charge in [-0.1, -0.05) is 19.3 Å². The third-order valence-corrected chi connectivity index (χ3v) is 3.99. The normalized spacial score (nSPS) is 30.9. The first kappa shape index (κ1) is 15.5. The molecule has 3 heteroatoms. The highest BCUT2D eigenvalue weighted by Crippen LogP contribution is 2.44. The fourth-order valence-corrected chi connectivity index (χ4v) is 3.19. The first-order valence-electron chi connectivity index (χ1n) is 6.86. The standard InChI is InChI=1S/C15H28N2O/c1-7-9-12(8-2)17-15(11-16)10-13(3,4)18-14(15,5)6/h2,12,17H,7,9-11,16H2,1,3-6H3. The summed E-state index contributed by atoms with van der Waals surface area (Å²) in [6, 6.07) is 0.0651. The van der Waals surface area contributed by atoms with Gasteiger partial charge < -0.3 is 10.5 Å². The molecule has 0 saturated carbocycles. The number of hydrogen-bond acceptors (Lipinski definition) is 3. The molecule has 1 rings (SSSR count). The molecule has 1 aliphatic rings. The van der Waals surface area contributed by atoms with Crippen molar-refractivity contribution in [3.8, 4) is 12.3 Å². The number of terminal acetylenes is 1. The van der Waals surface area contributed by atoms with E-state index in [1.807, 2.05) is 0 Å². The van der Waals surface area contributed by atoms with E-state index in [9.17, 15) is 0 Å². The van der Waals surface area contributed by atoms with Crippen molar-refractivity contribution in [3.63, 3.8) is 0 Å². The number of rotatable bonds is 5. The highest BCUT2D eigenvalue weighted by molar-refractivity contribution is 5.15. The van der Waals surface area contributed by atoms with E-state index in [-0.39, 0.29) is 22.8 Å². The van der Waals surface area contributed by atoms with Crippen LogP contribution in [0.4, 0.5) is 0 Å². The molecule has 18 heavy (non-hydrogen) atoms. The molecular weight excluding hydrogens is 224 g/mol. The Morgan fingerprint density at radius 2 is 2.00 bits per heavy atom. The summed E-state index contributed by atoms with van der Waals surface area (Å²) in [5, 5.41) is 3.59. The molecule has 104 valence electrons. The first-order valence-corrected chi connectivity index (χ1v) is 6.86. The third-order valence-electron chi connectivity index (χ3n) is 3.99. The SMILES string of the molecule is C#CC(CCC)NC1(CN)CC(C)(C)OC1(C)C. The summed E-state index contributed by atoms with van der Waals surface area (Å²) >= 11 is 0. The van der Waals surface area contributed by atoms with Crippen molar-refractivity contribution in [2.75, 3.05) is 6.54 Å². The van der Waals surface area contributed by atoms with E-state index in [2.05, 4.69) is 45.9 Å². The minimum absolute atomic E-state index is 0.0651. The van der Waals surface area contributed by atoms with Crippen LogP contribution in [-0.4, -0.2) is 29.3 Å². The van der Waals surface area contributed by atoms with Gasteiger partial charge in [-0.3, -0.25) is 5.32 Å². The molecule has 0 radical (unpaired) electrons. The summed E-state index contributed by atoms with van der Waals surface area (Å²) in [4.78, 5) is 0. The predicted octanol–water partition coefficient (Wildman–Crippen LogP) is 2.05. The number of ether oxygens (including phenoxy) is 1. The van der Waals surface area contributed by atoms with Gasteiger partial charge in [0.15, 0.2) is 0 Å². The molecule has 0 bridgehead atoms. The van der Waals surface area contributed by atoms with Gasteiger partial charge in [-0.15, -0.1) is 6.42 Å². The number of hydrogen-bond donors (Lipinski definition) is 2. The molecule has 0 amide bonds. The topological polar surface area (TPSA) is 47.3 Å². The van der Waals surface area contributed by atoms with Crippen LogP contribution in [0.3, 0.4) is 0 Å². The highest BCUT2D eigenvalue weighted by Gasteiger charge is 2.56. The molecule has 2 atom stereocenters. The number of nitrogens with two attached hydrogens (primary N) is 1. The van der Waals surface area contributed by atoms with E-state index in [0.717, 1.165) is 19.3 Å². The summed E-state index contributed by atoms with van der Waals surface area (Å²) in [7, 11) is 0. The van der Waals surface area contributed by atoms with Gasteiger partial charge in [0, 0.05) is 6.54 Å². The van der Waals surface area contributed by atoms with Gasteiger partial charge in [-0.2, -0.15) is 0 Å². The van der Waals surface area contributed by atoms with Crippen LogP contribution in [0.5, 0.6) is 0 Å². The Balaban J connectivity index is 2.96. The molecule has 1 fully saturated rings. The van der Waals surface area contributed by atoms with Crippen LogP contribution in [0.25, 0.3) is 0 Å². The second-order valence-electron chi connectivity index (χ2n) is 6.49. The lowest BCUT2D eigenvalue weighted by molar-refractivity contribution is -0.0827. The van der Waals surface area contributed by atoms with Crippen molar-refractivity contribution < 1.29 is 4.74 Å². The lowest BCUT2D eigenvalue weighted by Crippen LogP contribution is -2.64. The Morgan fingerprint density at radius 3 is 2.33 bits per heavy atom. The molecule has 0 aromatic heterocycles. The summed E-state index contributed by atoms with van der Waals surface area (Å²) in [6.07, 6.45) is 8.52. The van der Waals surface area contributed by atoms with Crippen LogP contribution in [0, 0.1) is 12.3 Å². The van der Waals surface area contributed by atoms with E-state index in [1.54, 1.807) is 0 Å². The Labute approximate surface area is 112 Å². The molecule has 0 aromatic rings. The molecule has 0 aliphatic carbocycles. The lowest BCUT2D eigenvalue weighted by Gasteiger charge is -2.41. The van der Waals surface area contributed by atoms with Crippen LogP contribution in [0.15, 0.2) is 0 Å². The molecule has 3 nitrogen and oxygen atoms in total. The van der Waals surface area contributed by atoms with Gasteiger partial charge in [-0.25, -0.2) is 0 Å². The molecule has 1 saturated heterocycles. The van der Waals surface area contributed by atoms with Gasteiger partial charge in [0.05, 0.1) is 22.8 Å². The second kappa shape index (κ2) is 5.21. The Kier molecular flexibility index (Phi) is 4.48. The lowest BCUT2D eigenvalue weighted by atomic mass is 9.78. The van der Waals surface area contributed by atoms with E-state index >= 15 is 0 Å². The zero-order valence-corrected chi connectivity index (χ0v) is 12.5. The van der Waals surface area contributed by atoms with Crippen LogP contribution in [0.2, 0.25) is 0 Å². The van der Waals surface area contributed by atoms with Gasteiger partial charge in [0.1, 0.15) is 0 Å². The fraction of sp³-hybridized carbons (Fsp3) is 0.867. The number of nitrogens with one attached hydrogen (secondary N) is 1. The zero-order valence-electron chi connectivity index (χ0n) is 12.5. The maximum atomic E-state index is 6.16. The van der Waals surface area contributed by atoms with Crippen molar-refractivity contribution in [3.05, 3.63) is 0 Å². The predicted molar refractivity (Wildman–Crippen MR) is 76.3 cm³/mol. The maximum Gasteiger partial charge on any atom is 0.0828 e. The first-order chi connectivity index (χ1) is 8.22. The summed E-state index contributed by atoms with van der Waals surface area (Å²) < 4.78 is 6.16. The second-order valence-corrected chi connectivity index (χ2v) is 6.49. The monoisotopic (exact) mass is 252 g/mol. The van der Waals surface area contributed by atoms with Crippen LogP contribution < -0.4 is 11.1 Å². The minimum atomic E-state index is -0.311. The van der Waals surface area contributed by atoms with Crippen molar-refractivity contribution in [1.82, 2.24) is 5.32 Å². The third kappa shape index (κ3) is 2.88. The zero-order chi connectivity index (χ0) is 14.0. The van der Waals surface area contributed by atoms with Crippen LogP contribution in [0.1, 0.15) is 53.9 Å². The minimum Gasteiger partial charge on any atom is -0.368 e. The largest absolute Gasteiger partial charge is 0.368 e. The van der Waals surface area contributed by atoms with Crippen molar-refractivity contribution in [2.24, 2.45) is 5.73 Å². The summed E-state index contributed by atoms with van der Waals surface area (Å²) in [6.45, 7) is 11.1. The molecule has 1 heterocycles. The van der Waals surface area contributed by atoms with Gasteiger partial charge in [-0.05, 0) is 40.5 Å². The molecule has 0 spiro atoms. The van der Waals surface area contributed by atoms with E-state index < -0.39 is 0 Å². The van der Waals surface area contributed by atoms with E-state index in [1.165, 1.54) is 0 Å². The molecule has 3 N–H and O–H groups in total.